The zero-order chi connectivity index (χ0) is 16.9. The van der Waals surface area contributed by atoms with E-state index in [1.807, 2.05) is 0 Å². The minimum Gasteiger partial charge on any atom is -0.309 e. The molecular weight excluding hydrogens is 304 g/mol. The summed E-state index contributed by atoms with van der Waals surface area (Å²) in [6.07, 6.45) is 8.42. The normalized spacial score (nSPS) is 20.4. The van der Waals surface area contributed by atoms with Crippen LogP contribution in [0.15, 0.2) is 60.7 Å². The van der Waals surface area contributed by atoms with Gasteiger partial charge < -0.3 is 5.32 Å². The fourth-order valence-corrected chi connectivity index (χ4v) is 4.49. The summed E-state index contributed by atoms with van der Waals surface area (Å²) in [5.74, 6) is 0. The van der Waals surface area contributed by atoms with Crippen molar-refractivity contribution in [2.45, 2.75) is 56.7 Å². The Kier molecular flexibility index (Phi) is 5.49. The van der Waals surface area contributed by atoms with E-state index in [1.54, 1.807) is 0 Å². The van der Waals surface area contributed by atoms with Gasteiger partial charge in [-0.05, 0) is 24.0 Å². The van der Waals surface area contributed by atoms with Gasteiger partial charge in [-0.1, -0.05) is 86.3 Å². The summed E-state index contributed by atoms with van der Waals surface area (Å²) in [4.78, 5) is 2.62. The lowest BCUT2D eigenvalue weighted by Gasteiger charge is -2.46. The van der Waals surface area contributed by atoms with Crippen LogP contribution in [-0.4, -0.2) is 30.1 Å². The maximum atomic E-state index is 3.94. The Labute approximate surface area is 152 Å². The quantitative estimate of drug-likeness (QED) is 0.792. The molecule has 0 aromatic heterocycles. The number of benzene rings is 2. The van der Waals surface area contributed by atoms with Crippen LogP contribution in [0.1, 0.15) is 55.7 Å². The number of rotatable bonds is 5. The minimum absolute atomic E-state index is 0.384. The van der Waals surface area contributed by atoms with Crippen molar-refractivity contribution in [2.75, 3.05) is 13.1 Å². The molecular formula is C23H30N2. The summed E-state index contributed by atoms with van der Waals surface area (Å²) in [7, 11) is 0. The Balaban J connectivity index is 1.42. The molecule has 1 saturated carbocycles. The second kappa shape index (κ2) is 8.16. The van der Waals surface area contributed by atoms with Crippen LogP contribution < -0.4 is 5.32 Å². The highest BCUT2D eigenvalue weighted by atomic mass is 15.3. The van der Waals surface area contributed by atoms with Gasteiger partial charge in [0, 0.05) is 25.2 Å². The lowest BCUT2D eigenvalue weighted by molar-refractivity contribution is 0.0845. The lowest BCUT2D eigenvalue weighted by atomic mass is 9.92. The monoisotopic (exact) mass is 334 g/mol. The van der Waals surface area contributed by atoms with E-state index in [4.69, 9.17) is 0 Å². The van der Waals surface area contributed by atoms with Crippen molar-refractivity contribution in [2.24, 2.45) is 0 Å². The molecule has 2 nitrogen and oxygen atoms in total. The molecule has 2 aliphatic rings. The van der Waals surface area contributed by atoms with Gasteiger partial charge in [0.05, 0.1) is 6.04 Å². The molecule has 0 unspecified atom stereocenters. The Bertz CT molecular complexity index is 586. The number of nitrogens with one attached hydrogen (secondary N) is 1. The molecule has 0 spiro atoms. The summed E-state index contributed by atoms with van der Waals surface area (Å²) in [5.41, 5.74) is 2.81. The molecule has 4 rings (SSSR count). The van der Waals surface area contributed by atoms with Crippen molar-refractivity contribution in [1.29, 1.82) is 0 Å². The largest absolute Gasteiger partial charge is 0.309 e. The van der Waals surface area contributed by atoms with Crippen LogP contribution >= 0.6 is 0 Å². The van der Waals surface area contributed by atoms with E-state index in [9.17, 15) is 0 Å². The average molecular weight is 335 g/mol. The van der Waals surface area contributed by atoms with Crippen LogP contribution in [0.3, 0.4) is 0 Å². The number of hydrogen-bond acceptors (Lipinski definition) is 2. The minimum atomic E-state index is 0.384. The van der Waals surface area contributed by atoms with E-state index < -0.39 is 0 Å². The SMILES string of the molecule is c1ccc(C(c2ccccc2)N2CC(NC3CCCCCC3)C2)cc1. The van der Waals surface area contributed by atoms with Crippen LogP contribution in [0.5, 0.6) is 0 Å². The molecule has 0 radical (unpaired) electrons. The van der Waals surface area contributed by atoms with Crippen molar-refractivity contribution >= 4 is 0 Å². The third-order valence-corrected chi connectivity index (χ3v) is 5.83. The second-order valence-electron chi connectivity index (χ2n) is 7.73. The van der Waals surface area contributed by atoms with Gasteiger partial charge in [0.25, 0.3) is 0 Å². The van der Waals surface area contributed by atoms with Crippen LogP contribution in [0, 0.1) is 0 Å². The van der Waals surface area contributed by atoms with Crippen molar-refractivity contribution in [3.63, 3.8) is 0 Å². The zero-order valence-corrected chi connectivity index (χ0v) is 15.1. The molecule has 2 aromatic rings. The molecule has 1 heterocycles. The molecule has 1 aliphatic carbocycles. The summed E-state index contributed by atoms with van der Waals surface area (Å²) < 4.78 is 0. The predicted octanol–water partition coefficient (Wildman–Crippen LogP) is 4.77. The van der Waals surface area contributed by atoms with Gasteiger partial charge in [0.2, 0.25) is 0 Å². The predicted molar refractivity (Wildman–Crippen MR) is 105 cm³/mol. The molecule has 2 heteroatoms. The lowest BCUT2D eigenvalue weighted by Crippen LogP contribution is -2.60. The van der Waals surface area contributed by atoms with Gasteiger partial charge in [-0.3, -0.25) is 4.90 Å². The summed E-state index contributed by atoms with van der Waals surface area (Å²) in [6.45, 7) is 2.32. The van der Waals surface area contributed by atoms with Gasteiger partial charge >= 0.3 is 0 Å². The van der Waals surface area contributed by atoms with E-state index in [2.05, 4.69) is 70.9 Å². The molecule has 1 saturated heterocycles. The fraction of sp³-hybridized carbons (Fsp3) is 0.478. The fourth-order valence-electron chi connectivity index (χ4n) is 4.49. The third kappa shape index (κ3) is 4.13. The molecule has 2 fully saturated rings. The summed E-state index contributed by atoms with van der Waals surface area (Å²) in [6, 6.07) is 23.7. The van der Waals surface area contributed by atoms with Crippen molar-refractivity contribution in [1.82, 2.24) is 10.2 Å². The van der Waals surface area contributed by atoms with E-state index >= 15 is 0 Å². The summed E-state index contributed by atoms with van der Waals surface area (Å²) in [5, 5.41) is 3.94. The van der Waals surface area contributed by atoms with Crippen LogP contribution in [-0.2, 0) is 0 Å². The van der Waals surface area contributed by atoms with Gasteiger partial charge in [0.15, 0.2) is 0 Å². The van der Waals surface area contributed by atoms with E-state index in [0.717, 1.165) is 19.1 Å². The molecule has 25 heavy (non-hydrogen) atoms. The average Bonchev–Trinajstić information content (AvgIpc) is 2.90. The first-order valence-corrected chi connectivity index (χ1v) is 10.00. The molecule has 0 bridgehead atoms. The molecule has 1 N–H and O–H groups in total. The Morgan fingerprint density at radius 1 is 0.680 bits per heavy atom. The Morgan fingerprint density at radius 2 is 1.20 bits per heavy atom. The zero-order valence-electron chi connectivity index (χ0n) is 15.1. The molecule has 0 amide bonds. The molecule has 1 aliphatic heterocycles. The maximum Gasteiger partial charge on any atom is 0.0602 e. The first-order chi connectivity index (χ1) is 12.4. The number of nitrogens with zero attached hydrogens (tertiary/aromatic N) is 1. The van der Waals surface area contributed by atoms with E-state index in [0.29, 0.717) is 12.1 Å². The molecule has 0 atom stereocenters. The van der Waals surface area contributed by atoms with Crippen molar-refractivity contribution in [3.05, 3.63) is 71.8 Å². The highest BCUT2D eigenvalue weighted by Crippen LogP contribution is 2.32. The molecule has 132 valence electrons. The van der Waals surface area contributed by atoms with Gasteiger partial charge in [-0.25, -0.2) is 0 Å². The topological polar surface area (TPSA) is 15.3 Å². The third-order valence-electron chi connectivity index (χ3n) is 5.83. The smallest absolute Gasteiger partial charge is 0.0602 e. The van der Waals surface area contributed by atoms with Crippen molar-refractivity contribution < 1.29 is 0 Å². The van der Waals surface area contributed by atoms with E-state index in [-0.39, 0.29) is 0 Å². The first-order valence-electron chi connectivity index (χ1n) is 10.00. The highest BCUT2D eigenvalue weighted by Gasteiger charge is 2.34. The summed E-state index contributed by atoms with van der Waals surface area (Å²) >= 11 is 0. The van der Waals surface area contributed by atoms with Crippen molar-refractivity contribution in [3.8, 4) is 0 Å². The van der Waals surface area contributed by atoms with Gasteiger partial charge in [-0.15, -0.1) is 0 Å². The number of hydrogen-bond donors (Lipinski definition) is 1. The maximum absolute atomic E-state index is 3.94. The van der Waals surface area contributed by atoms with Crippen LogP contribution in [0.25, 0.3) is 0 Å². The first kappa shape index (κ1) is 16.8. The Hall–Kier alpha value is -1.64. The van der Waals surface area contributed by atoms with Gasteiger partial charge in [-0.2, -0.15) is 0 Å². The van der Waals surface area contributed by atoms with E-state index in [1.165, 1.54) is 49.7 Å². The second-order valence-corrected chi connectivity index (χ2v) is 7.73. The highest BCUT2D eigenvalue weighted by molar-refractivity contribution is 5.32. The molecule has 2 aromatic carbocycles. The standard InChI is InChI=1S/C23H30N2/c1-2-10-16-21(15-9-1)24-22-17-25(18-22)23(19-11-5-3-6-12-19)20-13-7-4-8-14-20/h3-8,11-14,21-24H,1-2,9-10,15-18H2. The Morgan fingerprint density at radius 3 is 1.72 bits per heavy atom. The van der Waals surface area contributed by atoms with Gasteiger partial charge in [0.1, 0.15) is 0 Å². The number of likely N-dealkylation sites (tertiary alicyclic amines) is 1. The van der Waals surface area contributed by atoms with Crippen LogP contribution in [0.4, 0.5) is 0 Å². The van der Waals surface area contributed by atoms with Crippen LogP contribution in [0.2, 0.25) is 0 Å².